The van der Waals surface area contributed by atoms with E-state index in [-0.39, 0.29) is 37.5 Å². The molecule has 0 aromatic carbocycles. The summed E-state index contributed by atoms with van der Waals surface area (Å²) in [6.45, 7) is 6.22. The van der Waals surface area contributed by atoms with Crippen molar-refractivity contribution in [1.82, 2.24) is 0 Å². The van der Waals surface area contributed by atoms with Crippen LogP contribution in [0.1, 0.15) is 226 Å². The number of hydrogen-bond donors (Lipinski definition) is 0. The second-order valence-electron chi connectivity index (χ2n) is 18.4. The molecule has 73 heavy (non-hydrogen) atoms. The van der Waals surface area contributed by atoms with Crippen LogP contribution in [-0.2, 0) is 28.6 Å². The molecule has 0 aliphatic rings. The maximum Gasteiger partial charge on any atom is 0.306 e. The van der Waals surface area contributed by atoms with E-state index >= 15 is 0 Å². The van der Waals surface area contributed by atoms with Gasteiger partial charge in [0, 0.05) is 19.3 Å². The van der Waals surface area contributed by atoms with Gasteiger partial charge in [0.05, 0.1) is 0 Å². The fourth-order valence-corrected chi connectivity index (χ4v) is 7.27. The standard InChI is InChI=1S/C67H104O6/c1-4-7-10-13-16-19-22-25-28-30-31-32-33-34-35-37-39-42-45-48-51-54-57-60-66(69)72-63-64(62-71-65(68)59-56-53-50-47-44-41-38-27-24-21-18-15-12-9-6-3)73-67(70)61-58-55-52-49-46-43-40-36-29-26-23-20-17-14-11-8-5-2/h7-12,16-21,25-29,31-32,34-35,38,40,43-44,47,64H,4-6,13-15,22-24,30,33,36-37,39,41-42,45-46,48-63H2,1-3H3/b10-7-,11-8-,12-9-,19-16-,20-17-,21-18-,28-25-,29-26-,32-31-,35-34-,38-27-,43-40-,47-44-. The molecule has 0 heterocycles. The molecule has 408 valence electrons. The molecule has 0 saturated carbocycles. The van der Waals surface area contributed by atoms with E-state index in [1.807, 2.05) is 0 Å². The van der Waals surface area contributed by atoms with Gasteiger partial charge in [-0.1, -0.05) is 224 Å². The maximum absolute atomic E-state index is 12.9. The van der Waals surface area contributed by atoms with Crippen molar-refractivity contribution in [3.8, 4) is 0 Å². The number of ether oxygens (including phenoxy) is 3. The van der Waals surface area contributed by atoms with Crippen LogP contribution in [0.2, 0.25) is 0 Å². The molecule has 0 N–H and O–H groups in total. The molecule has 0 fully saturated rings. The van der Waals surface area contributed by atoms with Crippen molar-refractivity contribution >= 4 is 17.9 Å². The molecular formula is C67H104O6. The van der Waals surface area contributed by atoms with Crippen LogP contribution in [0, 0.1) is 0 Å². The van der Waals surface area contributed by atoms with E-state index in [4.69, 9.17) is 14.2 Å². The van der Waals surface area contributed by atoms with Gasteiger partial charge in [0.15, 0.2) is 6.10 Å². The lowest BCUT2D eigenvalue weighted by Gasteiger charge is -2.18. The zero-order valence-corrected chi connectivity index (χ0v) is 46.6. The van der Waals surface area contributed by atoms with Gasteiger partial charge in [0.2, 0.25) is 0 Å². The number of esters is 3. The van der Waals surface area contributed by atoms with Crippen LogP contribution in [0.4, 0.5) is 0 Å². The van der Waals surface area contributed by atoms with Gasteiger partial charge in [-0.2, -0.15) is 0 Å². The molecule has 0 bridgehead atoms. The number of hydrogen-bond acceptors (Lipinski definition) is 6. The zero-order valence-electron chi connectivity index (χ0n) is 46.6. The molecule has 0 aliphatic heterocycles. The van der Waals surface area contributed by atoms with Crippen molar-refractivity contribution in [3.63, 3.8) is 0 Å². The summed E-state index contributed by atoms with van der Waals surface area (Å²) < 4.78 is 16.8. The highest BCUT2D eigenvalue weighted by Gasteiger charge is 2.19. The number of carbonyl (C=O) groups excluding carboxylic acids is 3. The second kappa shape index (κ2) is 59.6. The normalized spacial score (nSPS) is 13.3. The molecule has 0 aliphatic carbocycles. The molecule has 0 spiro atoms. The van der Waals surface area contributed by atoms with Gasteiger partial charge in [0.25, 0.3) is 0 Å². The highest BCUT2D eigenvalue weighted by molar-refractivity contribution is 5.71. The predicted molar refractivity (Wildman–Crippen MR) is 315 cm³/mol. The van der Waals surface area contributed by atoms with Crippen LogP contribution in [0.25, 0.3) is 0 Å². The fourth-order valence-electron chi connectivity index (χ4n) is 7.27. The third-order valence-electron chi connectivity index (χ3n) is 11.5. The van der Waals surface area contributed by atoms with Gasteiger partial charge in [-0.15, -0.1) is 0 Å². The predicted octanol–water partition coefficient (Wildman–Crippen LogP) is 19.8. The number of rotatable bonds is 50. The van der Waals surface area contributed by atoms with Crippen LogP contribution in [-0.4, -0.2) is 37.2 Å². The van der Waals surface area contributed by atoms with Crippen molar-refractivity contribution in [2.24, 2.45) is 0 Å². The summed E-state index contributed by atoms with van der Waals surface area (Å²) in [5.74, 6) is -1.000. The lowest BCUT2D eigenvalue weighted by Crippen LogP contribution is -2.30. The molecule has 0 aromatic heterocycles. The Morgan fingerprint density at radius 2 is 0.493 bits per heavy atom. The molecule has 0 saturated heterocycles. The first-order chi connectivity index (χ1) is 36.0. The SMILES string of the molecule is CC/C=C\C/C=C\C/C=C\C/C=C\C/C=C\CCCCCCCCCC(=O)OCC(COC(=O)CCCC/C=C\C/C=C\C/C=C\C/C=C\CC)OC(=O)CCCCCC/C=C\C/C=C\C/C=C\C/C=C\CC. The largest absolute Gasteiger partial charge is 0.462 e. The Labute approximate surface area is 448 Å². The van der Waals surface area contributed by atoms with Crippen LogP contribution in [0.15, 0.2) is 158 Å². The van der Waals surface area contributed by atoms with Crippen LogP contribution < -0.4 is 0 Å². The Morgan fingerprint density at radius 3 is 0.795 bits per heavy atom. The zero-order chi connectivity index (χ0) is 52.9. The first-order valence-corrected chi connectivity index (χ1v) is 29.0. The van der Waals surface area contributed by atoms with E-state index in [0.717, 1.165) is 154 Å². The molecule has 6 heteroatoms. The topological polar surface area (TPSA) is 78.9 Å². The van der Waals surface area contributed by atoms with E-state index < -0.39 is 6.10 Å². The summed E-state index contributed by atoms with van der Waals surface area (Å²) in [5, 5.41) is 0. The van der Waals surface area contributed by atoms with Crippen LogP contribution >= 0.6 is 0 Å². The van der Waals surface area contributed by atoms with Gasteiger partial charge in [-0.25, -0.2) is 0 Å². The molecule has 0 amide bonds. The molecular weight excluding hydrogens is 901 g/mol. The molecule has 0 radical (unpaired) electrons. The monoisotopic (exact) mass is 1000 g/mol. The minimum Gasteiger partial charge on any atom is -0.462 e. The third kappa shape index (κ3) is 57.8. The van der Waals surface area contributed by atoms with E-state index in [1.54, 1.807) is 0 Å². The lowest BCUT2D eigenvalue weighted by molar-refractivity contribution is -0.167. The summed E-state index contributed by atoms with van der Waals surface area (Å²) in [6, 6.07) is 0. The number of unbranched alkanes of at least 4 members (excludes halogenated alkanes) is 13. The first kappa shape index (κ1) is 68.0. The smallest absolute Gasteiger partial charge is 0.306 e. The molecule has 0 aromatic rings. The quantitative estimate of drug-likeness (QED) is 0.0261. The van der Waals surface area contributed by atoms with Gasteiger partial charge < -0.3 is 14.2 Å². The number of allylic oxidation sites excluding steroid dienone is 26. The highest BCUT2D eigenvalue weighted by atomic mass is 16.6. The Morgan fingerprint density at radius 1 is 0.274 bits per heavy atom. The summed E-state index contributed by atoms with van der Waals surface area (Å²) >= 11 is 0. The van der Waals surface area contributed by atoms with Crippen molar-refractivity contribution in [2.75, 3.05) is 13.2 Å². The van der Waals surface area contributed by atoms with E-state index in [9.17, 15) is 14.4 Å². The average Bonchev–Trinajstić information content (AvgIpc) is 3.39. The van der Waals surface area contributed by atoms with Gasteiger partial charge in [0.1, 0.15) is 13.2 Å². The average molecular weight is 1010 g/mol. The van der Waals surface area contributed by atoms with Crippen molar-refractivity contribution in [3.05, 3.63) is 158 Å². The minimum atomic E-state index is -0.822. The summed E-state index contributed by atoms with van der Waals surface area (Å²) in [4.78, 5) is 38.2. The molecule has 6 nitrogen and oxygen atoms in total. The Kier molecular flexibility index (Phi) is 55.5. The van der Waals surface area contributed by atoms with Gasteiger partial charge in [-0.3, -0.25) is 14.4 Å². The highest BCUT2D eigenvalue weighted by Crippen LogP contribution is 2.13. The van der Waals surface area contributed by atoms with E-state index in [0.29, 0.717) is 19.3 Å². The number of carbonyl (C=O) groups is 3. The molecule has 0 rings (SSSR count). The summed E-state index contributed by atoms with van der Waals surface area (Å²) in [6.07, 6.45) is 86.6. The fraction of sp³-hybridized carbons (Fsp3) is 0.567. The maximum atomic E-state index is 12.9. The van der Waals surface area contributed by atoms with Crippen LogP contribution in [0.3, 0.4) is 0 Å². The summed E-state index contributed by atoms with van der Waals surface area (Å²) in [7, 11) is 0. The summed E-state index contributed by atoms with van der Waals surface area (Å²) in [5.41, 5.74) is 0. The van der Waals surface area contributed by atoms with E-state index in [2.05, 4.69) is 179 Å². The Balaban J connectivity index is 4.51. The first-order valence-electron chi connectivity index (χ1n) is 29.0. The Bertz CT molecular complexity index is 1670. The molecule has 1 atom stereocenters. The van der Waals surface area contributed by atoms with Gasteiger partial charge >= 0.3 is 17.9 Å². The molecule has 1 unspecified atom stereocenters. The van der Waals surface area contributed by atoms with Crippen molar-refractivity contribution < 1.29 is 28.6 Å². The van der Waals surface area contributed by atoms with E-state index in [1.165, 1.54) is 25.7 Å². The third-order valence-corrected chi connectivity index (χ3v) is 11.5. The minimum absolute atomic E-state index is 0.115. The van der Waals surface area contributed by atoms with Crippen molar-refractivity contribution in [2.45, 2.75) is 232 Å². The lowest BCUT2D eigenvalue weighted by atomic mass is 10.1. The van der Waals surface area contributed by atoms with Crippen LogP contribution in [0.5, 0.6) is 0 Å². The van der Waals surface area contributed by atoms with Crippen molar-refractivity contribution in [1.29, 1.82) is 0 Å². The Hall–Kier alpha value is -4.97. The van der Waals surface area contributed by atoms with Gasteiger partial charge in [-0.05, 0) is 141 Å². The second-order valence-corrected chi connectivity index (χ2v) is 18.4.